The normalized spacial score (nSPS) is 17.3. The average molecular weight is 299 g/mol. The predicted molar refractivity (Wildman–Crippen MR) is 87.1 cm³/mol. The highest BCUT2D eigenvalue weighted by atomic mass is 32.2. The van der Waals surface area contributed by atoms with Crippen LogP contribution >= 0.6 is 23.1 Å². The lowest BCUT2D eigenvalue weighted by Crippen LogP contribution is -2.08. The van der Waals surface area contributed by atoms with Gasteiger partial charge in [0.15, 0.2) is 0 Å². The molecular weight excluding hydrogens is 272 g/mol. The molecule has 0 radical (unpaired) electrons. The predicted octanol–water partition coefficient (Wildman–Crippen LogP) is 4.55. The molecule has 1 aromatic rings. The number of nitrogens with zero attached hydrogens (tertiary/aromatic N) is 1. The maximum absolute atomic E-state index is 4.87. The van der Waals surface area contributed by atoms with Gasteiger partial charge in [0.1, 0.15) is 5.01 Å². The van der Waals surface area contributed by atoms with Gasteiger partial charge in [-0.1, -0.05) is 33.1 Å². The van der Waals surface area contributed by atoms with Crippen molar-refractivity contribution in [2.45, 2.75) is 69.4 Å². The molecule has 0 atom stereocenters. The van der Waals surface area contributed by atoms with E-state index in [1.165, 1.54) is 47.7 Å². The molecule has 1 fully saturated rings. The van der Waals surface area contributed by atoms with Crippen molar-refractivity contribution in [3.8, 4) is 0 Å². The van der Waals surface area contributed by atoms with Crippen molar-refractivity contribution < 1.29 is 0 Å². The van der Waals surface area contributed by atoms with Gasteiger partial charge < -0.3 is 5.32 Å². The topological polar surface area (TPSA) is 24.9 Å². The minimum atomic E-state index is 0.535. The van der Waals surface area contributed by atoms with Crippen LogP contribution < -0.4 is 5.32 Å². The molecule has 0 unspecified atom stereocenters. The zero-order valence-electron chi connectivity index (χ0n) is 12.4. The second-order valence-electron chi connectivity index (χ2n) is 5.67. The Morgan fingerprint density at radius 1 is 1.32 bits per heavy atom. The van der Waals surface area contributed by atoms with Crippen LogP contribution in [0.3, 0.4) is 0 Å². The van der Waals surface area contributed by atoms with E-state index in [4.69, 9.17) is 4.98 Å². The minimum Gasteiger partial charge on any atom is -0.315 e. The van der Waals surface area contributed by atoms with Crippen LogP contribution in [-0.4, -0.2) is 17.3 Å². The summed E-state index contributed by atoms with van der Waals surface area (Å²) in [6.07, 6.45) is 7.13. The molecule has 1 aliphatic carbocycles. The standard InChI is InChI=1S/C15H26N2S2/c1-11(2)15-13(9-16-3)19-14(17-15)10-18-12-7-5-4-6-8-12/h11-12,16H,4-10H2,1-3H3. The van der Waals surface area contributed by atoms with Gasteiger partial charge >= 0.3 is 0 Å². The fourth-order valence-electron chi connectivity index (χ4n) is 2.63. The van der Waals surface area contributed by atoms with Crippen molar-refractivity contribution in [3.63, 3.8) is 0 Å². The van der Waals surface area contributed by atoms with E-state index in [-0.39, 0.29) is 0 Å². The van der Waals surface area contributed by atoms with Crippen molar-refractivity contribution in [2.24, 2.45) is 0 Å². The lowest BCUT2D eigenvalue weighted by atomic mass is 10.0. The lowest BCUT2D eigenvalue weighted by molar-refractivity contribution is 0.516. The van der Waals surface area contributed by atoms with E-state index in [9.17, 15) is 0 Å². The van der Waals surface area contributed by atoms with E-state index < -0.39 is 0 Å². The maximum atomic E-state index is 4.87. The molecule has 4 heteroatoms. The number of thiazole rings is 1. The number of aromatic nitrogens is 1. The van der Waals surface area contributed by atoms with Gasteiger partial charge in [-0.2, -0.15) is 11.8 Å². The number of hydrogen-bond acceptors (Lipinski definition) is 4. The summed E-state index contributed by atoms with van der Waals surface area (Å²) in [6, 6.07) is 0. The molecule has 1 N–H and O–H groups in total. The van der Waals surface area contributed by atoms with Gasteiger partial charge in [-0.3, -0.25) is 0 Å². The van der Waals surface area contributed by atoms with Crippen LogP contribution in [0.5, 0.6) is 0 Å². The minimum absolute atomic E-state index is 0.535. The first-order valence-corrected chi connectivity index (χ1v) is 9.32. The first-order chi connectivity index (χ1) is 9.20. The first kappa shape index (κ1) is 15.3. The zero-order chi connectivity index (χ0) is 13.7. The number of hydrogen-bond donors (Lipinski definition) is 1. The van der Waals surface area contributed by atoms with Crippen molar-refractivity contribution in [1.82, 2.24) is 10.3 Å². The summed E-state index contributed by atoms with van der Waals surface area (Å²) in [7, 11) is 2.01. The van der Waals surface area contributed by atoms with Crippen molar-refractivity contribution >= 4 is 23.1 Å². The summed E-state index contributed by atoms with van der Waals surface area (Å²) in [5, 5.41) is 5.47. The third-order valence-corrected chi connectivity index (χ3v) is 6.29. The summed E-state index contributed by atoms with van der Waals surface area (Å²) in [6.45, 7) is 5.44. The highest BCUT2D eigenvalue weighted by Crippen LogP contribution is 2.33. The Hall–Kier alpha value is -0.0600. The third kappa shape index (κ3) is 4.47. The lowest BCUT2D eigenvalue weighted by Gasteiger charge is -2.20. The molecule has 108 valence electrons. The van der Waals surface area contributed by atoms with E-state index in [1.54, 1.807) is 0 Å². The molecule has 0 aliphatic heterocycles. The van der Waals surface area contributed by atoms with Gasteiger partial charge in [0.25, 0.3) is 0 Å². The van der Waals surface area contributed by atoms with Crippen LogP contribution in [0.15, 0.2) is 0 Å². The van der Waals surface area contributed by atoms with Gasteiger partial charge in [0.05, 0.1) is 5.69 Å². The van der Waals surface area contributed by atoms with E-state index in [0.29, 0.717) is 5.92 Å². The second-order valence-corrected chi connectivity index (χ2v) is 8.13. The molecule has 1 aromatic heterocycles. The summed E-state index contributed by atoms with van der Waals surface area (Å²) in [4.78, 5) is 6.30. The van der Waals surface area contributed by atoms with Crippen LogP contribution in [0.1, 0.15) is 67.4 Å². The second kappa shape index (κ2) is 7.65. The molecule has 2 rings (SSSR count). The number of nitrogens with one attached hydrogen (secondary N) is 1. The molecule has 2 nitrogen and oxygen atoms in total. The molecule has 0 bridgehead atoms. The fourth-order valence-corrected chi connectivity index (χ4v) is 5.22. The Kier molecular flexibility index (Phi) is 6.17. The van der Waals surface area contributed by atoms with Crippen LogP contribution in [0.4, 0.5) is 0 Å². The SMILES string of the molecule is CNCc1sc(CSC2CCCCC2)nc1C(C)C. The molecule has 0 aromatic carbocycles. The Morgan fingerprint density at radius 3 is 2.68 bits per heavy atom. The number of thioether (sulfide) groups is 1. The van der Waals surface area contributed by atoms with Crippen LogP contribution in [0.25, 0.3) is 0 Å². The van der Waals surface area contributed by atoms with E-state index in [0.717, 1.165) is 17.5 Å². The summed E-state index contributed by atoms with van der Waals surface area (Å²) >= 11 is 4.04. The van der Waals surface area contributed by atoms with Crippen LogP contribution in [-0.2, 0) is 12.3 Å². The Balaban J connectivity index is 1.93. The molecular formula is C15H26N2S2. The van der Waals surface area contributed by atoms with E-state index in [1.807, 2.05) is 18.4 Å². The fraction of sp³-hybridized carbons (Fsp3) is 0.800. The summed E-state index contributed by atoms with van der Waals surface area (Å²) < 4.78 is 0. The molecule has 1 heterocycles. The average Bonchev–Trinajstić information content (AvgIpc) is 2.81. The van der Waals surface area contributed by atoms with E-state index >= 15 is 0 Å². The molecule has 1 saturated carbocycles. The number of rotatable bonds is 6. The molecule has 0 saturated heterocycles. The zero-order valence-corrected chi connectivity index (χ0v) is 14.0. The van der Waals surface area contributed by atoms with Gasteiger partial charge in [0, 0.05) is 22.4 Å². The Labute approximate surface area is 125 Å². The highest BCUT2D eigenvalue weighted by Gasteiger charge is 2.17. The Bertz CT molecular complexity index is 381. The molecule has 19 heavy (non-hydrogen) atoms. The third-order valence-electron chi connectivity index (χ3n) is 3.65. The maximum Gasteiger partial charge on any atom is 0.103 e. The highest BCUT2D eigenvalue weighted by molar-refractivity contribution is 7.99. The Morgan fingerprint density at radius 2 is 2.05 bits per heavy atom. The van der Waals surface area contributed by atoms with Gasteiger partial charge in [0.2, 0.25) is 0 Å². The van der Waals surface area contributed by atoms with E-state index in [2.05, 4.69) is 30.9 Å². The molecule has 1 aliphatic rings. The monoisotopic (exact) mass is 298 g/mol. The largest absolute Gasteiger partial charge is 0.315 e. The summed E-state index contributed by atoms with van der Waals surface area (Å²) in [5.41, 5.74) is 1.30. The van der Waals surface area contributed by atoms with Crippen LogP contribution in [0, 0.1) is 0 Å². The van der Waals surface area contributed by atoms with Gasteiger partial charge in [-0.05, 0) is 25.8 Å². The van der Waals surface area contributed by atoms with Crippen LogP contribution in [0.2, 0.25) is 0 Å². The van der Waals surface area contributed by atoms with Crippen molar-refractivity contribution in [3.05, 3.63) is 15.6 Å². The molecule has 0 spiro atoms. The molecule has 0 amide bonds. The van der Waals surface area contributed by atoms with Gasteiger partial charge in [-0.25, -0.2) is 4.98 Å². The smallest absolute Gasteiger partial charge is 0.103 e. The van der Waals surface area contributed by atoms with Gasteiger partial charge in [-0.15, -0.1) is 11.3 Å². The quantitative estimate of drug-likeness (QED) is 0.834. The van der Waals surface area contributed by atoms with Crippen molar-refractivity contribution in [2.75, 3.05) is 7.05 Å². The van der Waals surface area contributed by atoms with Crippen molar-refractivity contribution in [1.29, 1.82) is 0 Å². The first-order valence-electron chi connectivity index (χ1n) is 7.45. The summed E-state index contributed by atoms with van der Waals surface area (Å²) in [5.74, 6) is 1.65.